The second-order valence-electron chi connectivity index (χ2n) is 5.23. The molecule has 0 saturated carbocycles. The van der Waals surface area contributed by atoms with Crippen molar-refractivity contribution < 1.29 is 17.9 Å². The van der Waals surface area contributed by atoms with Crippen molar-refractivity contribution in [3.05, 3.63) is 40.7 Å². The van der Waals surface area contributed by atoms with Gasteiger partial charge in [-0.1, -0.05) is 17.7 Å². The zero-order valence-electron chi connectivity index (χ0n) is 14.2. The van der Waals surface area contributed by atoms with Crippen molar-refractivity contribution in [3.63, 3.8) is 0 Å². The zero-order valence-corrected chi connectivity index (χ0v) is 17.4. The van der Waals surface area contributed by atoms with Crippen LogP contribution in [0.15, 0.2) is 39.9 Å². The molecule has 142 valence electrons. The second kappa shape index (κ2) is 9.61. The molecule has 2 rings (SSSR count). The van der Waals surface area contributed by atoms with E-state index in [9.17, 15) is 13.2 Å². The number of anilines is 1. The fourth-order valence-corrected chi connectivity index (χ4v) is 5.08. The fourth-order valence-electron chi connectivity index (χ4n) is 2.11. The Hall–Kier alpha value is -1.26. The lowest BCUT2D eigenvalue weighted by molar-refractivity contribution is -0.117. The first-order chi connectivity index (χ1) is 12.4. The van der Waals surface area contributed by atoms with Crippen molar-refractivity contribution in [2.24, 2.45) is 0 Å². The number of methoxy groups -OCH3 is 1. The van der Waals surface area contributed by atoms with Crippen LogP contribution in [0, 0.1) is 0 Å². The summed E-state index contributed by atoms with van der Waals surface area (Å²) < 4.78 is 32.6. The minimum Gasteiger partial charge on any atom is -0.495 e. The van der Waals surface area contributed by atoms with Crippen molar-refractivity contribution >= 4 is 56.3 Å². The molecule has 1 aromatic heterocycles. The number of ether oxygens (including phenoxy) is 1. The quantitative estimate of drug-likeness (QED) is 0.631. The van der Waals surface area contributed by atoms with E-state index in [0.717, 1.165) is 11.3 Å². The molecule has 6 nitrogen and oxygen atoms in total. The van der Waals surface area contributed by atoms with Crippen LogP contribution in [0.1, 0.15) is 6.42 Å². The molecule has 1 atom stereocenters. The summed E-state index contributed by atoms with van der Waals surface area (Å²) >= 11 is 8.69. The van der Waals surface area contributed by atoms with Crippen LogP contribution in [-0.2, 0) is 14.8 Å². The van der Waals surface area contributed by atoms with Gasteiger partial charge in [-0.2, -0.15) is 16.5 Å². The Bertz CT molecular complexity index is 841. The number of thioether (sulfide) groups is 1. The number of rotatable bonds is 9. The van der Waals surface area contributed by atoms with Crippen molar-refractivity contribution in [3.8, 4) is 5.75 Å². The molecule has 2 aromatic rings. The molecule has 1 heterocycles. The highest BCUT2D eigenvalue weighted by atomic mass is 35.5. The van der Waals surface area contributed by atoms with E-state index in [1.165, 1.54) is 24.9 Å². The summed E-state index contributed by atoms with van der Waals surface area (Å²) in [7, 11) is -2.25. The maximum absolute atomic E-state index is 12.6. The lowest BCUT2D eigenvalue weighted by atomic mass is 10.2. The van der Waals surface area contributed by atoms with Crippen LogP contribution in [0.25, 0.3) is 0 Å². The van der Waals surface area contributed by atoms with Crippen LogP contribution >= 0.6 is 34.7 Å². The Morgan fingerprint density at radius 1 is 1.38 bits per heavy atom. The number of carbonyl (C=O) groups excluding carboxylic acids is 1. The SMILES string of the molecule is COc1ccc(NC(=O)C(CCSC)NS(=O)(=O)c2cccs2)cc1Cl. The highest BCUT2D eigenvalue weighted by Crippen LogP contribution is 2.27. The van der Waals surface area contributed by atoms with Crippen molar-refractivity contribution in [2.75, 3.05) is 24.4 Å². The fraction of sp³-hybridized carbons (Fsp3) is 0.312. The average Bonchev–Trinajstić information content (AvgIpc) is 3.14. The third-order valence-electron chi connectivity index (χ3n) is 3.40. The van der Waals surface area contributed by atoms with Gasteiger partial charge in [0.25, 0.3) is 10.0 Å². The van der Waals surface area contributed by atoms with Gasteiger partial charge in [-0.05, 0) is 48.1 Å². The van der Waals surface area contributed by atoms with Crippen LogP contribution in [0.5, 0.6) is 5.75 Å². The van der Waals surface area contributed by atoms with Gasteiger partial charge in [0.05, 0.1) is 12.1 Å². The molecule has 2 N–H and O–H groups in total. The van der Waals surface area contributed by atoms with Crippen LogP contribution in [0.3, 0.4) is 0 Å². The van der Waals surface area contributed by atoms with Crippen LogP contribution < -0.4 is 14.8 Å². The third-order valence-corrected chi connectivity index (χ3v) is 7.21. The maximum Gasteiger partial charge on any atom is 0.250 e. The molecule has 0 radical (unpaired) electrons. The van der Waals surface area contributed by atoms with Crippen LogP contribution in [0.2, 0.25) is 5.02 Å². The maximum atomic E-state index is 12.6. The molecule has 0 aliphatic carbocycles. The predicted octanol–water partition coefficient (Wildman–Crippen LogP) is 3.45. The lowest BCUT2D eigenvalue weighted by Crippen LogP contribution is -2.43. The summed E-state index contributed by atoms with van der Waals surface area (Å²) in [6, 6.07) is 7.08. The summed E-state index contributed by atoms with van der Waals surface area (Å²) in [5, 5.41) is 4.72. The van der Waals surface area contributed by atoms with Crippen molar-refractivity contribution in [2.45, 2.75) is 16.7 Å². The first-order valence-corrected chi connectivity index (χ1v) is 11.7. The largest absolute Gasteiger partial charge is 0.495 e. The molecular formula is C16H19ClN2O4S3. The van der Waals surface area contributed by atoms with Gasteiger partial charge in [-0.15, -0.1) is 11.3 Å². The van der Waals surface area contributed by atoms with Crippen LogP contribution in [-0.4, -0.2) is 39.5 Å². The van der Waals surface area contributed by atoms with E-state index in [-0.39, 0.29) is 4.21 Å². The first-order valence-electron chi connectivity index (χ1n) is 7.56. The second-order valence-corrected chi connectivity index (χ2v) is 9.51. The summed E-state index contributed by atoms with van der Waals surface area (Å²) in [6.45, 7) is 0. The molecule has 1 aromatic carbocycles. The smallest absolute Gasteiger partial charge is 0.250 e. The molecule has 0 aliphatic heterocycles. The summed E-state index contributed by atoms with van der Waals surface area (Å²) in [5.74, 6) is 0.677. The van der Waals surface area contributed by atoms with E-state index >= 15 is 0 Å². The molecular weight excluding hydrogens is 416 g/mol. The zero-order chi connectivity index (χ0) is 19.2. The summed E-state index contributed by atoms with van der Waals surface area (Å²) in [6.07, 6.45) is 2.26. The molecule has 0 spiro atoms. The molecule has 10 heteroatoms. The predicted molar refractivity (Wildman–Crippen MR) is 108 cm³/mol. The number of hydrogen-bond donors (Lipinski definition) is 2. The van der Waals surface area contributed by atoms with Gasteiger partial charge in [0.1, 0.15) is 16.0 Å². The monoisotopic (exact) mass is 434 g/mol. The number of hydrogen-bond acceptors (Lipinski definition) is 6. The number of nitrogens with one attached hydrogen (secondary N) is 2. The molecule has 0 aliphatic rings. The van der Waals surface area contributed by atoms with Gasteiger partial charge < -0.3 is 10.1 Å². The normalized spacial score (nSPS) is 12.6. The first kappa shape index (κ1) is 21.0. The molecule has 1 unspecified atom stereocenters. The van der Waals surface area contributed by atoms with E-state index < -0.39 is 22.0 Å². The standard InChI is InChI=1S/C16H19ClN2O4S3/c1-23-14-6-5-11(10-12(14)17)18-16(20)13(7-9-24-2)19-26(21,22)15-4-3-8-25-15/h3-6,8,10,13,19H,7,9H2,1-2H3,(H,18,20). The number of sulfonamides is 1. The number of amides is 1. The highest BCUT2D eigenvalue weighted by Gasteiger charge is 2.26. The molecule has 0 saturated heterocycles. The molecule has 26 heavy (non-hydrogen) atoms. The van der Waals surface area contributed by atoms with Gasteiger partial charge in [-0.25, -0.2) is 8.42 Å². The van der Waals surface area contributed by atoms with E-state index in [4.69, 9.17) is 16.3 Å². The number of thiophene rings is 1. The van der Waals surface area contributed by atoms with Crippen molar-refractivity contribution in [1.29, 1.82) is 0 Å². The minimum atomic E-state index is -3.75. The number of halogens is 1. The van der Waals surface area contributed by atoms with Gasteiger partial charge in [0.15, 0.2) is 0 Å². The summed E-state index contributed by atoms with van der Waals surface area (Å²) in [4.78, 5) is 12.6. The van der Waals surface area contributed by atoms with Gasteiger partial charge in [0, 0.05) is 5.69 Å². The van der Waals surface area contributed by atoms with E-state index in [1.807, 2.05) is 6.26 Å². The van der Waals surface area contributed by atoms with Crippen LogP contribution in [0.4, 0.5) is 5.69 Å². The van der Waals surface area contributed by atoms with E-state index in [0.29, 0.717) is 28.6 Å². The Morgan fingerprint density at radius 3 is 2.73 bits per heavy atom. The average molecular weight is 435 g/mol. The van der Waals surface area contributed by atoms with E-state index in [2.05, 4.69) is 10.0 Å². The van der Waals surface area contributed by atoms with Gasteiger partial charge in [0.2, 0.25) is 5.91 Å². The molecule has 0 bridgehead atoms. The van der Waals surface area contributed by atoms with Gasteiger partial charge >= 0.3 is 0 Å². The topological polar surface area (TPSA) is 84.5 Å². The Kier molecular flexibility index (Phi) is 7.78. The van der Waals surface area contributed by atoms with Gasteiger partial charge in [-0.3, -0.25) is 4.79 Å². The Labute approximate surface area is 166 Å². The van der Waals surface area contributed by atoms with Crippen molar-refractivity contribution in [1.82, 2.24) is 4.72 Å². The number of carbonyl (C=O) groups is 1. The third kappa shape index (κ3) is 5.62. The number of benzene rings is 1. The highest BCUT2D eigenvalue weighted by molar-refractivity contribution is 7.98. The summed E-state index contributed by atoms with van der Waals surface area (Å²) in [5.41, 5.74) is 0.463. The van der Waals surface area contributed by atoms with E-state index in [1.54, 1.807) is 29.6 Å². The Balaban J connectivity index is 2.15. The Morgan fingerprint density at radius 2 is 2.15 bits per heavy atom. The molecule has 0 fully saturated rings. The minimum absolute atomic E-state index is 0.173. The molecule has 1 amide bonds. The lowest BCUT2D eigenvalue weighted by Gasteiger charge is -2.18.